The monoisotopic (exact) mass is 445 g/mol. The molecule has 1 atom stereocenters. The normalized spacial score (nSPS) is 12.3. The van der Waals surface area contributed by atoms with Gasteiger partial charge in [-0.05, 0) is 29.3 Å². The zero-order valence-electron chi connectivity index (χ0n) is 16.6. The average Bonchev–Trinajstić information content (AvgIpc) is 3.24. The van der Waals surface area contributed by atoms with Crippen LogP contribution in [0.2, 0.25) is 5.02 Å². The lowest BCUT2D eigenvalue weighted by Crippen LogP contribution is -2.31. The molecule has 5 aromatic rings. The molecule has 0 radical (unpaired) electrons. The van der Waals surface area contributed by atoms with Gasteiger partial charge in [-0.3, -0.25) is 9.36 Å². The number of nitrogens with zero attached hydrogens (tertiary/aromatic N) is 5. The highest BCUT2D eigenvalue weighted by molar-refractivity contribution is 6.30. The lowest BCUT2D eigenvalue weighted by Gasteiger charge is -2.16. The number of hydrogen-bond acceptors (Lipinski definition) is 5. The van der Waals surface area contributed by atoms with Gasteiger partial charge in [0.2, 0.25) is 0 Å². The molecule has 2 aromatic carbocycles. The molecule has 0 bridgehead atoms. The van der Waals surface area contributed by atoms with Crippen LogP contribution >= 0.6 is 11.6 Å². The molecule has 0 fully saturated rings. The maximum Gasteiger partial charge on any atom is 0.327 e. The van der Waals surface area contributed by atoms with Gasteiger partial charge in [0.05, 0.1) is 6.20 Å². The molecule has 5 rings (SSSR count). The summed E-state index contributed by atoms with van der Waals surface area (Å²) in [5, 5.41) is 23.1. The molecule has 9 heteroatoms. The third-order valence-electron chi connectivity index (χ3n) is 5.34. The highest BCUT2D eigenvalue weighted by Crippen LogP contribution is 2.26. The Morgan fingerprint density at radius 1 is 1.03 bits per heavy atom. The lowest BCUT2D eigenvalue weighted by molar-refractivity contribution is -0.141. The number of carboxylic acids is 1. The third kappa shape index (κ3) is 3.40. The van der Waals surface area contributed by atoms with Crippen LogP contribution in [0.4, 0.5) is 0 Å². The predicted octanol–water partition coefficient (Wildman–Crippen LogP) is 3.63. The maximum atomic E-state index is 13.2. The van der Waals surface area contributed by atoms with Crippen LogP contribution in [0, 0.1) is 0 Å². The summed E-state index contributed by atoms with van der Waals surface area (Å²) in [5.74, 6) is -1.10. The Kier molecular flexibility index (Phi) is 4.91. The second kappa shape index (κ2) is 7.90. The van der Waals surface area contributed by atoms with Gasteiger partial charge in [-0.15, -0.1) is 10.2 Å². The quantitative estimate of drug-likeness (QED) is 0.443. The Bertz CT molecular complexity index is 1510. The first-order chi connectivity index (χ1) is 15.5. The van der Waals surface area contributed by atoms with Crippen LogP contribution < -0.4 is 5.56 Å². The molecule has 3 aromatic heterocycles. The topological polar surface area (TPSA) is 102 Å². The number of benzene rings is 2. The molecule has 0 spiro atoms. The van der Waals surface area contributed by atoms with E-state index in [1.165, 1.54) is 15.3 Å². The van der Waals surface area contributed by atoms with Crippen molar-refractivity contribution < 1.29 is 9.90 Å². The van der Waals surface area contributed by atoms with Crippen LogP contribution in [0.1, 0.15) is 11.6 Å². The molecule has 0 amide bonds. The van der Waals surface area contributed by atoms with Crippen molar-refractivity contribution in [3.63, 3.8) is 0 Å². The van der Waals surface area contributed by atoms with Gasteiger partial charge in [0, 0.05) is 23.2 Å². The van der Waals surface area contributed by atoms with Crippen LogP contribution in [0.3, 0.4) is 0 Å². The number of aliphatic carboxylic acids is 1. The number of carbonyl (C=O) groups is 1. The van der Waals surface area contributed by atoms with Gasteiger partial charge in [-0.25, -0.2) is 9.31 Å². The second-order valence-corrected chi connectivity index (χ2v) is 7.74. The van der Waals surface area contributed by atoms with Crippen molar-refractivity contribution in [1.29, 1.82) is 0 Å². The van der Waals surface area contributed by atoms with E-state index < -0.39 is 17.6 Å². The summed E-state index contributed by atoms with van der Waals surface area (Å²) in [7, 11) is 0. The maximum absolute atomic E-state index is 13.2. The van der Waals surface area contributed by atoms with E-state index in [1.54, 1.807) is 24.4 Å². The summed E-state index contributed by atoms with van der Waals surface area (Å²) in [6.07, 6.45) is 3.28. The summed E-state index contributed by atoms with van der Waals surface area (Å²) in [4.78, 5) is 25.1. The molecular formula is C23H16ClN5O3. The number of carboxylic acid groups (broad SMARTS) is 1. The van der Waals surface area contributed by atoms with E-state index in [0.717, 1.165) is 16.7 Å². The zero-order valence-corrected chi connectivity index (χ0v) is 17.3. The molecule has 0 unspecified atom stereocenters. The SMILES string of the molecule is O=C(O)[C@@H](Cc1ccccc1)n1ccc2c(nnc3c(-c4ccc(Cl)cc4)cnn32)c1=O. The van der Waals surface area contributed by atoms with Crippen molar-refractivity contribution in [1.82, 2.24) is 24.4 Å². The van der Waals surface area contributed by atoms with E-state index >= 15 is 0 Å². The van der Waals surface area contributed by atoms with E-state index in [4.69, 9.17) is 11.6 Å². The Hall–Kier alpha value is -4.04. The summed E-state index contributed by atoms with van der Waals surface area (Å²) in [6, 6.07) is 17.0. The van der Waals surface area contributed by atoms with Crippen molar-refractivity contribution in [3.8, 4) is 11.1 Å². The average molecular weight is 446 g/mol. The number of rotatable bonds is 5. The van der Waals surface area contributed by atoms with E-state index in [-0.39, 0.29) is 11.9 Å². The molecule has 3 heterocycles. The molecule has 8 nitrogen and oxygen atoms in total. The number of halogens is 1. The largest absolute Gasteiger partial charge is 0.480 e. The Morgan fingerprint density at radius 3 is 2.50 bits per heavy atom. The van der Waals surface area contributed by atoms with Gasteiger partial charge in [-0.2, -0.15) is 5.10 Å². The number of aromatic nitrogens is 5. The number of hydrogen-bond donors (Lipinski definition) is 1. The van der Waals surface area contributed by atoms with E-state index in [0.29, 0.717) is 16.2 Å². The van der Waals surface area contributed by atoms with Gasteiger partial charge in [0.15, 0.2) is 11.2 Å². The highest BCUT2D eigenvalue weighted by Gasteiger charge is 2.23. The summed E-state index contributed by atoms with van der Waals surface area (Å²) in [5.41, 5.74) is 2.85. The van der Waals surface area contributed by atoms with E-state index in [1.807, 2.05) is 42.5 Å². The fourth-order valence-corrected chi connectivity index (χ4v) is 3.85. The van der Waals surface area contributed by atoms with Crippen LogP contribution in [0.5, 0.6) is 0 Å². The Labute approximate surface area is 186 Å². The molecular weight excluding hydrogens is 430 g/mol. The minimum absolute atomic E-state index is 0.0464. The molecule has 0 saturated carbocycles. The van der Waals surface area contributed by atoms with Crippen molar-refractivity contribution in [2.24, 2.45) is 0 Å². The summed E-state index contributed by atoms with van der Waals surface area (Å²) < 4.78 is 2.72. The first-order valence-electron chi connectivity index (χ1n) is 9.81. The zero-order chi connectivity index (χ0) is 22.2. The molecule has 0 aliphatic heterocycles. The summed E-state index contributed by atoms with van der Waals surface area (Å²) in [6.45, 7) is 0. The van der Waals surface area contributed by atoms with Crippen molar-refractivity contribution >= 4 is 34.3 Å². The van der Waals surface area contributed by atoms with Gasteiger partial charge in [0.25, 0.3) is 5.56 Å². The Morgan fingerprint density at radius 2 is 1.78 bits per heavy atom. The van der Waals surface area contributed by atoms with Crippen molar-refractivity contribution in [2.45, 2.75) is 12.5 Å². The highest BCUT2D eigenvalue weighted by atomic mass is 35.5. The fourth-order valence-electron chi connectivity index (χ4n) is 3.73. The molecule has 0 aliphatic rings. The minimum atomic E-state index is -1.10. The first-order valence-corrected chi connectivity index (χ1v) is 10.2. The minimum Gasteiger partial charge on any atom is -0.480 e. The fraction of sp³-hybridized carbons (Fsp3) is 0.0870. The summed E-state index contributed by atoms with van der Waals surface area (Å²) >= 11 is 5.97. The van der Waals surface area contributed by atoms with Gasteiger partial charge in [0.1, 0.15) is 11.6 Å². The van der Waals surface area contributed by atoms with Crippen LogP contribution in [0.15, 0.2) is 77.9 Å². The van der Waals surface area contributed by atoms with Crippen LogP contribution in [-0.2, 0) is 11.2 Å². The molecule has 0 aliphatic carbocycles. The van der Waals surface area contributed by atoms with Crippen LogP contribution in [-0.4, -0.2) is 35.5 Å². The smallest absolute Gasteiger partial charge is 0.327 e. The standard InChI is InChI=1S/C23H16ClN5O3/c24-16-8-6-15(7-9-16)17-13-25-29-18-10-11-28(22(30)20(18)26-27-21(17)29)19(23(31)32)12-14-4-2-1-3-5-14/h1-11,13,19H,12H2,(H,31,32)/t19-/m1/s1. The molecule has 1 N–H and O–H groups in total. The predicted molar refractivity (Wildman–Crippen MR) is 120 cm³/mol. The third-order valence-corrected chi connectivity index (χ3v) is 5.59. The van der Waals surface area contributed by atoms with Crippen LogP contribution in [0.25, 0.3) is 27.8 Å². The number of fused-ring (bicyclic) bond motifs is 3. The van der Waals surface area contributed by atoms with Crippen molar-refractivity contribution in [2.75, 3.05) is 0 Å². The first kappa shape index (κ1) is 19.9. The Balaban J connectivity index is 1.62. The van der Waals surface area contributed by atoms with E-state index in [2.05, 4.69) is 15.3 Å². The molecule has 32 heavy (non-hydrogen) atoms. The lowest BCUT2D eigenvalue weighted by atomic mass is 10.1. The van der Waals surface area contributed by atoms with E-state index in [9.17, 15) is 14.7 Å². The second-order valence-electron chi connectivity index (χ2n) is 7.31. The molecule has 158 valence electrons. The van der Waals surface area contributed by atoms with Gasteiger partial charge < -0.3 is 5.11 Å². The number of pyridine rings is 1. The van der Waals surface area contributed by atoms with Gasteiger partial charge >= 0.3 is 5.97 Å². The molecule has 0 saturated heterocycles. The van der Waals surface area contributed by atoms with Gasteiger partial charge in [-0.1, -0.05) is 54.1 Å². The van der Waals surface area contributed by atoms with Crippen molar-refractivity contribution in [3.05, 3.63) is 94.0 Å².